The fourth-order valence-electron chi connectivity index (χ4n) is 3.75. The first-order valence-corrected chi connectivity index (χ1v) is 9.59. The van der Waals surface area contributed by atoms with E-state index in [0.717, 1.165) is 10.1 Å². The molecule has 1 heterocycles. The molecule has 32 heavy (non-hydrogen) atoms. The van der Waals surface area contributed by atoms with Gasteiger partial charge in [-0.2, -0.15) is 18.4 Å². The van der Waals surface area contributed by atoms with Crippen molar-refractivity contribution in [3.05, 3.63) is 104 Å². The van der Waals surface area contributed by atoms with Gasteiger partial charge in [-0.05, 0) is 24.1 Å². The second kappa shape index (κ2) is 7.89. The maximum Gasteiger partial charge on any atom is 0.431 e. The van der Waals surface area contributed by atoms with Gasteiger partial charge in [-0.25, -0.2) is 4.79 Å². The Morgan fingerprint density at radius 2 is 1.81 bits per heavy atom. The summed E-state index contributed by atoms with van der Waals surface area (Å²) in [5, 5.41) is 9.80. The smallest absolute Gasteiger partial charge is 0.431 e. The Kier molecular flexibility index (Phi) is 5.22. The summed E-state index contributed by atoms with van der Waals surface area (Å²) in [6, 6.07) is 15.2. The molecule has 0 bridgehead atoms. The average Bonchev–Trinajstić information content (AvgIpc) is 2.74. The van der Waals surface area contributed by atoms with Gasteiger partial charge in [-0.15, -0.1) is 0 Å². The zero-order valence-corrected chi connectivity index (χ0v) is 16.7. The molecule has 1 atom stereocenters. The highest BCUT2D eigenvalue weighted by molar-refractivity contribution is 5.82. The molecule has 1 aromatic heterocycles. The monoisotopic (exact) mass is 439 g/mol. The number of H-pyrrole nitrogens is 1. The van der Waals surface area contributed by atoms with Gasteiger partial charge in [0.2, 0.25) is 0 Å². The van der Waals surface area contributed by atoms with Crippen LogP contribution in [0.2, 0.25) is 0 Å². The molecule has 1 N–H and O–H groups in total. The normalized spacial score (nSPS) is 15.8. The highest BCUT2D eigenvalue weighted by Crippen LogP contribution is 2.39. The standard InChI is InChI=1S/C23H16F3N3O3/c1-13-6-2-5-9-18(13)32-19-10-17(15-8-4-3-7-14(15)16(19)12-27)29-21(30)11-20(23(24,25)26)28-22(29)31/h2-9,11,17H,10H2,1H3,(H,28,31). The molecular weight excluding hydrogens is 423 g/mol. The van der Waals surface area contributed by atoms with E-state index < -0.39 is 29.2 Å². The maximum absolute atomic E-state index is 13.0. The van der Waals surface area contributed by atoms with Gasteiger partial charge in [0.1, 0.15) is 23.3 Å². The molecule has 0 radical (unpaired) electrons. The molecule has 9 heteroatoms. The number of rotatable bonds is 3. The minimum Gasteiger partial charge on any atom is -0.460 e. The molecule has 162 valence electrons. The Morgan fingerprint density at radius 1 is 1.12 bits per heavy atom. The van der Waals surface area contributed by atoms with Gasteiger partial charge >= 0.3 is 11.9 Å². The van der Waals surface area contributed by atoms with E-state index in [9.17, 15) is 28.0 Å². The molecule has 2 aromatic carbocycles. The Hall–Kier alpha value is -4.06. The van der Waals surface area contributed by atoms with Crippen LogP contribution in [-0.2, 0) is 6.18 Å². The van der Waals surface area contributed by atoms with Crippen LogP contribution >= 0.6 is 0 Å². The first-order valence-electron chi connectivity index (χ1n) is 9.59. The fourth-order valence-corrected chi connectivity index (χ4v) is 3.75. The molecule has 4 rings (SSSR count). The lowest BCUT2D eigenvalue weighted by Crippen LogP contribution is -2.41. The molecule has 0 fully saturated rings. The number of ether oxygens (including phenoxy) is 1. The van der Waals surface area contributed by atoms with E-state index in [2.05, 4.69) is 6.07 Å². The van der Waals surface area contributed by atoms with E-state index in [0.29, 0.717) is 22.9 Å². The lowest BCUT2D eigenvalue weighted by atomic mass is 9.86. The van der Waals surface area contributed by atoms with Crippen molar-refractivity contribution in [1.29, 1.82) is 5.26 Å². The third-order valence-electron chi connectivity index (χ3n) is 5.27. The molecule has 1 aliphatic carbocycles. The van der Waals surface area contributed by atoms with E-state index in [4.69, 9.17) is 4.74 Å². The molecular formula is C23H16F3N3O3. The summed E-state index contributed by atoms with van der Waals surface area (Å²) in [5.74, 6) is 0.707. The first-order chi connectivity index (χ1) is 15.2. The van der Waals surface area contributed by atoms with Crippen LogP contribution in [0.4, 0.5) is 13.2 Å². The lowest BCUT2D eigenvalue weighted by molar-refractivity contribution is -0.141. The number of aryl methyl sites for hydroxylation is 1. The van der Waals surface area contributed by atoms with Gasteiger partial charge in [0.25, 0.3) is 5.56 Å². The van der Waals surface area contributed by atoms with Crippen LogP contribution in [0.15, 0.2) is 69.9 Å². The topological polar surface area (TPSA) is 87.9 Å². The molecule has 0 saturated carbocycles. The summed E-state index contributed by atoms with van der Waals surface area (Å²) in [6.45, 7) is 1.82. The SMILES string of the molecule is Cc1ccccc1OC1=C(C#N)c2ccccc2C(n2c(=O)cc(C(F)(F)F)[nH]c2=O)C1. The minimum absolute atomic E-state index is 0.0669. The van der Waals surface area contributed by atoms with E-state index in [1.165, 1.54) is 0 Å². The Labute approximate surface area is 179 Å². The summed E-state index contributed by atoms with van der Waals surface area (Å²) in [6.07, 6.45) is -4.93. The van der Waals surface area contributed by atoms with Crippen LogP contribution in [0.25, 0.3) is 5.57 Å². The lowest BCUT2D eigenvalue weighted by Gasteiger charge is -2.28. The van der Waals surface area contributed by atoms with Crippen LogP contribution < -0.4 is 16.0 Å². The summed E-state index contributed by atoms with van der Waals surface area (Å²) in [4.78, 5) is 26.9. The average molecular weight is 439 g/mol. The van der Waals surface area contributed by atoms with Gasteiger partial charge in [0.05, 0.1) is 11.6 Å². The number of allylic oxidation sites excluding steroid dienone is 2. The van der Waals surface area contributed by atoms with Crippen molar-refractivity contribution in [3.63, 3.8) is 0 Å². The zero-order valence-electron chi connectivity index (χ0n) is 16.7. The predicted octanol–water partition coefficient (Wildman–Crippen LogP) is 4.17. The molecule has 1 aliphatic rings. The third kappa shape index (κ3) is 3.71. The predicted molar refractivity (Wildman–Crippen MR) is 110 cm³/mol. The van der Waals surface area contributed by atoms with Gasteiger partial charge in [0, 0.05) is 18.1 Å². The highest BCUT2D eigenvalue weighted by Gasteiger charge is 2.35. The van der Waals surface area contributed by atoms with Crippen LogP contribution in [0, 0.1) is 18.3 Å². The Balaban J connectivity index is 1.89. The second-order valence-electron chi connectivity index (χ2n) is 7.28. The molecule has 0 aliphatic heterocycles. The number of halogens is 3. The number of para-hydroxylation sites is 1. The molecule has 0 spiro atoms. The summed E-state index contributed by atoms with van der Waals surface area (Å²) >= 11 is 0. The number of benzene rings is 2. The van der Waals surface area contributed by atoms with Crippen molar-refractivity contribution in [2.45, 2.75) is 25.6 Å². The third-order valence-corrected chi connectivity index (χ3v) is 5.27. The first kappa shape index (κ1) is 21.2. The highest BCUT2D eigenvalue weighted by atomic mass is 19.4. The fraction of sp³-hybridized carbons (Fsp3) is 0.174. The maximum atomic E-state index is 13.0. The molecule has 1 unspecified atom stereocenters. The van der Waals surface area contributed by atoms with E-state index >= 15 is 0 Å². The molecule has 0 amide bonds. The van der Waals surface area contributed by atoms with Gasteiger partial charge in [-0.1, -0.05) is 42.5 Å². The van der Waals surface area contributed by atoms with Crippen LogP contribution in [0.5, 0.6) is 5.75 Å². The Bertz CT molecular complexity index is 1360. The number of hydrogen-bond donors (Lipinski definition) is 1. The van der Waals surface area contributed by atoms with Crippen LogP contribution in [0.1, 0.15) is 34.8 Å². The molecule has 0 saturated heterocycles. The van der Waals surface area contributed by atoms with Crippen molar-refractivity contribution < 1.29 is 17.9 Å². The largest absolute Gasteiger partial charge is 0.460 e. The number of alkyl halides is 3. The van der Waals surface area contributed by atoms with Gasteiger partial charge in [0.15, 0.2) is 0 Å². The minimum atomic E-state index is -4.87. The van der Waals surface area contributed by atoms with E-state index in [1.807, 2.05) is 19.1 Å². The molecule has 3 aromatic rings. The van der Waals surface area contributed by atoms with Crippen molar-refractivity contribution >= 4 is 5.57 Å². The second-order valence-corrected chi connectivity index (χ2v) is 7.28. The summed E-state index contributed by atoms with van der Waals surface area (Å²) in [5.41, 5.74) is -1.77. The number of nitrogens with zero attached hydrogens (tertiary/aromatic N) is 2. The van der Waals surface area contributed by atoms with Crippen molar-refractivity contribution in [3.8, 4) is 11.8 Å². The van der Waals surface area contributed by atoms with E-state index in [1.54, 1.807) is 41.4 Å². The Morgan fingerprint density at radius 3 is 2.47 bits per heavy atom. The number of fused-ring (bicyclic) bond motifs is 1. The summed E-state index contributed by atoms with van der Waals surface area (Å²) < 4.78 is 45.8. The van der Waals surface area contributed by atoms with Crippen LogP contribution in [-0.4, -0.2) is 9.55 Å². The number of nitrogens with one attached hydrogen (secondary N) is 1. The molecule has 6 nitrogen and oxygen atoms in total. The van der Waals surface area contributed by atoms with Crippen molar-refractivity contribution in [2.75, 3.05) is 0 Å². The number of nitriles is 1. The number of aromatic nitrogens is 2. The van der Waals surface area contributed by atoms with E-state index in [-0.39, 0.29) is 17.8 Å². The number of aromatic amines is 1. The van der Waals surface area contributed by atoms with Crippen molar-refractivity contribution in [2.24, 2.45) is 0 Å². The summed E-state index contributed by atoms with van der Waals surface area (Å²) in [7, 11) is 0. The zero-order chi connectivity index (χ0) is 23.0. The van der Waals surface area contributed by atoms with Gasteiger partial charge < -0.3 is 9.72 Å². The quantitative estimate of drug-likeness (QED) is 0.664. The van der Waals surface area contributed by atoms with Crippen LogP contribution in [0.3, 0.4) is 0 Å². The number of hydrogen-bond acceptors (Lipinski definition) is 4. The van der Waals surface area contributed by atoms with Gasteiger partial charge in [-0.3, -0.25) is 9.36 Å². The van der Waals surface area contributed by atoms with Crippen molar-refractivity contribution in [1.82, 2.24) is 9.55 Å².